The van der Waals surface area contributed by atoms with E-state index in [2.05, 4.69) is 15.3 Å². The molecule has 1 atom stereocenters. The van der Waals surface area contributed by atoms with Crippen molar-refractivity contribution < 1.29 is 9.53 Å². The van der Waals surface area contributed by atoms with Crippen molar-refractivity contribution in [2.75, 3.05) is 27.7 Å². The van der Waals surface area contributed by atoms with Crippen LogP contribution >= 0.6 is 11.6 Å². The predicted molar refractivity (Wildman–Crippen MR) is 94.6 cm³/mol. The Hall–Kier alpha value is -2.05. The molecule has 1 heterocycles. The Morgan fingerprint density at radius 3 is 2.58 bits per heavy atom. The summed E-state index contributed by atoms with van der Waals surface area (Å²) in [5.74, 6) is 0.309. The van der Waals surface area contributed by atoms with Gasteiger partial charge in [0.15, 0.2) is 5.69 Å². The lowest BCUT2D eigenvalue weighted by Crippen LogP contribution is -2.31. The van der Waals surface area contributed by atoms with E-state index in [1.54, 1.807) is 20.2 Å². The first-order valence-electron chi connectivity index (χ1n) is 7.69. The van der Waals surface area contributed by atoms with Gasteiger partial charge in [-0.1, -0.05) is 23.7 Å². The number of halogens is 1. The molecule has 7 heteroatoms. The minimum absolute atomic E-state index is 0.120. The fourth-order valence-electron chi connectivity index (χ4n) is 2.39. The summed E-state index contributed by atoms with van der Waals surface area (Å²) in [5, 5.41) is 7.91. The number of hydrogen-bond acceptors (Lipinski definition) is 4. The van der Waals surface area contributed by atoms with E-state index in [1.165, 1.54) is 4.68 Å². The number of nitrogens with one attached hydrogen (secondary N) is 1. The van der Waals surface area contributed by atoms with Crippen LogP contribution in [0.5, 0.6) is 5.88 Å². The second kappa shape index (κ2) is 8.17. The standard InChI is InChI=1S/C17H23ClN4O2/c1-21(2)10-9-14(12-5-7-13(18)8-6-12)19-17(23)15-11-16(24-4)22(3)20-15/h5-8,11,14H,9-10H2,1-4H3,(H,19,23). The SMILES string of the molecule is COc1cc(C(=O)NC(CCN(C)C)c2ccc(Cl)cc2)nn1C. The Morgan fingerprint density at radius 2 is 2.04 bits per heavy atom. The minimum Gasteiger partial charge on any atom is -0.481 e. The number of carbonyl (C=O) groups is 1. The number of ether oxygens (including phenoxy) is 1. The summed E-state index contributed by atoms with van der Waals surface area (Å²) in [6.07, 6.45) is 0.782. The van der Waals surface area contributed by atoms with Crippen molar-refractivity contribution >= 4 is 17.5 Å². The molecule has 24 heavy (non-hydrogen) atoms. The van der Waals surface area contributed by atoms with Crippen LogP contribution in [0.4, 0.5) is 0 Å². The highest BCUT2D eigenvalue weighted by molar-refractivity contribution is 6.30. The summed E-state index contributed by atoms with van der Waals surface area (Å²) in [4.78, 5) is 14.6. The maximum Gasteiger partial charge on any atom is 0.272 e. The molecule has 0 aliphatic heterocycles. The summed E-state index contributed by atoms with van der Waals surface area (Å²) in [6, 6.07) is 9.03. The molecule has 0 fully saturated rings. The van der Waals surface area contributed by atoms with Crippen LogP contribution in [0, 0.1) is 0 Å². The van der Waals surface area contributed by atoms with Gasteiger partial charge in [-0.05, 0) is 44.8 Å². The quantitative estimate of drug-likeness (QED) is 0.833. The Balaban J connectivity index is 2.16. The monoisotopic (exact) mass is 350 g/mol. The van der Waals surface area contributed by atoms with E-state index >= 15 is 0 Å². The van der Waals surface area contributed by atoms with E-state index in [-0.39, 0.29) is 11.9 Å². The zero-order valence-corrected chi connectivity index (χ0v) is 15.2. The molecule has 2 rings (SSSR count). The molecule has 0 spiro atoms. The van der Waals surface area contributed by atoms with E-state index in [0.29, 0.717) is 16.6 Å². The molecule has 0 aliphatic carbocycles. The number of aromatic nitrogens is 2. The van der Waals surface area contributed by atoms with Gasteiger partial charge in [0.25, 0.3) is 5.91 Å². The molecule has 0 radical (unpaired) electrons. The average molecular weight is 351 g/mol. The lowest BCUT2D eigenvalue weighted by molar-refractivity contribution is 0.0927. The van der Waals surface area contributed by atoms with Gasteiger partial charge in [0, 0.05) is 18.1 Å². The zero-order chi connectivity index (χ0) is 17.7. The molecule has 0 aliphatic rings. The van der Waals surface area contributed by atoms with Gasteiger partial charge in [-0.15, -0.1) is 0 Å². The van der Waals surface area contributed by atoms with Gasteiger partial charge in [0.05, 0.1) is 13.2 Å². The molecule has 0 bridgehead atoms. The van der Waals surface area contributed by atoms with Gasteiger partial charge in [-0.3, -0.25) is 4.79 Å². The van der Waals surface area contributed by atoms with Crippen LogP contribution in [0.1, 0.15) is 28.5 Å². The van der Waals surface area contributed by atoms with Crippen LogP contribution < -0.4 is 10.1 Å². The summed E-state index contributed by atoms with van der Waals surface area (Å²) < 4.78 is 6.69. The average Bonchev–Trinajstić information content (AvgIpc) is 2.93. The number of amides is 1. The summed E-state index contributed by atoms with van der Waals surface area (Å²) in [5.41, 5.74) is 1.34. The number of carbonyl (C=O) groups excluding carboxylic acids is 1. The third kappa shape index (κ3) is 4.72. The van der Waals surface area contributed by atoms with Crippen LogP contribution in [0.3, 0.4) is 0 Å². The lowest BCUT2D eigenvalue weighted by atomic mass is 10.0. The van der Waals surface area contributed by atoms with Crippen molar-refractivity contribution in [1.82, 2.24) is 20.0 Å². The van der Waals surface area contributed by atoms with Gasteiger partial charge in [-0.2, -0.15) is 5.10 Å². The highest BCUT2D eigenvalue weighted by Crippen LogP contribution is 2.21. The molecule has 130 valence electrons. The molecule has 1 N–H and O–H groups in total. The molecular weight excluding hydrogens is 328 g/mol. The number of hydrogen-bond donors (Lipinski definition) is 1. The molecule has 6 nitrogen and oxygen atoms in total. The van der Waals surface area contributed by atoms with Gasteiger partial charge in [0.2, 0.25) is 5.88 Å². The Labute approximate surface area is 147 Å². The second-order valence-electron chi connectivity index (χ2n) is 5.87. The number of benzene rings is 1. The maximum absolute atomic E-state index is 12.5. The Kier molecular flexibility index (Phi) is 6.23. The highest BCUT2D eigenvalue weighted by atomic mass is 35.5. The third-order valence-corrected chi connectivity index (χ3v) is 3.97. The number of nitrogens with zero attached hydrogens (tertiary/aromatic N) is 3. The molecule has 1 unspecified atom stereocenters. The van der Waals surface area contributed by atoms with Crippen molar-refractivity contribution in [3.63, 3.8) is 0 Å². The van der Waals surface area contributed by atoms with Gasteiger partial charge in [0.1, 0.15) is 0 Å². The number of rotatable bonds is 7. The molecule has 2 aromatic rings. The topological polar surface area (TPSA) is 59.4 Å². The van der Waals surface area contributed by atoms with Crippen LogP contribution in [-0.4, -0.2) is 48.3 Å². The van der Waals surface area contributed by atoms with E-state index in [1.807, 2.05) is 38.4 Å². The number of methoxy groups -OCH3 is 1. The second-order valence-corrected chi connectivity index (χ2v) is 6.30. The first-order valence-corrected chi connectivity index (χ1v) is 8.07. The lowest BCUT2D eigenvalue weighted by Gasteiger charge is -2.21. The summed E-state index contributed by atoms with van der Waals surface area (Å²) in [6.45, 7) is 0.846. The van der Waals surface area contributed by atoms with Crippen molar-refractivity contribution in [3.8, 4) is 5.88 Å². The smallest absolute Gasteiger partial charge is 0.272 e. The largest absolute Gasteiger partial charge is 0.481 e. The van der Waals surface area contributed by atoms with Crippen molar-refractivity contribution in [2.24, 2.45) is 7.05 Å². The molecule has 1 aromatic heterocycles. The van der Waals surface area contributed by atoms with Gasteiger partial charge < -0.3 is 15.0 Å². The summed E-state index contributed by atoms with van der Waals surface area (Å²) >= 11 is 5.96. The highest BCUT2D eigenvalue weighted by Gasteiger charge is 2.19. The Morgan fingerprint density at radius 1 is 1.38 bits per heavy atom. The maximum atomic E-state index is 12.5. The van der Waals surface area contributed by atoms with Gasteiger partial charge in [-0.25, -0.2) is 4.68 Å². The molecule has 0 saturated carbocycles. The first-order chi connectivity index (χ1) is 11.4. The van der Waals surface area contributed by atoms with Crippen molar-refractivity contribution in [2.45, 2.75) is 12.5 Å². The zero-order valence-electron chi connectivity index (χ0n) is 14.4. The third-order valence-electron chi connectivity index (χ3n) is 3.72. The minimum atomic E-state index is -0.229. The van der Waals surface area contributed by atoms with E-state index in [4.69, 9.17) is 16.3 Å². The first kappa shape index (κ1) is 18.3. The van der Waals surface area contributed by atoms with Crippen LogP contribution in [0.15, 0.2) is 30.3 Å². The van der Waals surface area contributed by atoms with Gasteiger partial charge >= 0.3 is 0 Å². The molecule has 1 aromatic carbocycles. The van der Waals surface area contributed by atoms with Crippen LogP contribution in [-0.2, 0) is 7.05 Å². The van der Waals surface area contributed by atoms with Crippen molar-refractivity contribution in [3.05, 3.63) is 46.6 Å². The predicted octanol–water partition coefficient (Wildman–Crippen LogP) is 2.50. The summed E-state index contributed by atoms with van der Waals surface area (Å²) in [7, 11) is 7.29. The van der Waals surface area contributed by atoms with Crippen LogP contribution in [0.2, 0.25) is 5.02 Å². The normalized spacial score (nSPS) is 12.2. The van der Waals surface area contributed by atoms with E-state index in [0.717, 1.165) is 18.5 Å². The Bertz CT molecular complexity index is 682. The fourth-order valence-corrected chi connectivity index (χ4v) is 2.51. The molecular formula is C17H23ClN4O2. The molecule has 1 amide bonds. The fraction of sp³-hybridized carbons (Fsp3) is 0.412. The van der Waals surface area contributed by atoms with Crippen LogP contribution in [0.25, 0.3) is 0 Å². The van der Waals surface area contributed by atoms with Crippen molar-refractivity contribution in [1.29, 1.82) is 0 Å². The van der Waals surface area contributed by atoms with E-state index in [9.17, 15) is 4.79 Å². The molecule has 0 saturated heterocycles. The number of aryl methyl sites for hydroxylation is 1. The van der Waals surface area contributed by atoms with E-state index < -0.39 is 0 Å².